The molecule has 124 valence electrons. The fourth-order valence-electron chi connectivity index (χ4n) is 2.23. The van der Waals surface area contributed by atoms with Gasteiger partial charge in [0, 0.05) is 16.1 Å². The first kappa shape index (κ1) is 16.2. The van der Waals surface area contributed by atoms with Crippen molar-refractivity contribution in [1.29, 1.82) is 0 Å². The largest absolute Gasteiger partial charge is 0.493 e. The lowest BCUT2D eigenvalue weighted by Crippen LogP contribution is -2.06. The molecule has 2 aromatic carbocycles. The zero-order valence-corrected chi connectivity index (χ0v) is 13.8. The first-order valence-electron chi connectivity index (χ1n) is 7.05. The van der Waals surface area contributed by atoms with Gasteiger partial charge in [0.25, 0.3) is 0 Å². The van der Waals surface area contributed by atoms with Crippen LogP contribution in [-0.2, 0) is 6.54 Å². The van der Waals surface area contributed by atoms with E-state index in [1.165, 1.54) is 10.9 Å². The van der Waals surface area contributed by atoms with E-state index in [0.717, 1.165) is 0 Å². The van der Waals surface area contributed by atoms with E-state index in [0.29, 0.717) is 33.5 Å². The van der Waals surface area contributed by atoms with Gasteiger partial charge in [0.2, 0.25) is 5.82 Å². The van der Waals surface area contributed by atoms with Gasteiger partial charge in [-0.1, -0.05) is 17.7 Å². The van der Waals surface area contributed by atoms with Crippen molar-refractivity contribution >= 4 is 11.6 Å². The SMILES string of the molecule is COc1ccc(-c2nnn(Cc3c(F)cccc3Cl)n2)cc1OC. The Bertz CT molecular complexity index is 849. The highest BCUT2D eigenvalue weighted by Crippen LogP contribution is 2.30. The summed E-state index contributed by atoms with van der Waals surface area (Å²) in [5.41, 5.74) is 1.02. The van der Waals surface area contributed by atoms with E-state index in [1.54, 1.807) is 44.6 Å². The summed E-state index contributed by atoms with van der Waals surface area (Å²) in [6, 6.07) is 9.79. The van der Waals surface area contributed by atoms with Crippen LogP contribution in [0, 0.1) is 5.82 Å². The molecule has 0 aliphatic rings. The van der Waals surface area contributed by atoms with Crippen molar-refractivity contribution in [2.24, 2.45) is 0 Å². The maximum Gasteiger partial charge on any atom is 0.205 e. The summed E-state index contributed by atoms with van der Waals surface area (Å²) in [5, 5.41) is 12.5. The van der Waals surface area contributed by atoms with Gasteiger partial charge in [0.15, 0.2) is 11.5 Å². The molecule has 3 rings (SSSR count). The maximum atomic E-state index is 13.8. The molecule has 0 saturated carbocycles. The molecule has 24 heavy (non-hydrogen) atoms. The predicted molar refractivity (Wildman–Crippen MR) is 86.9 cm³/mol. The van der Waals surface area contributed by atoms with Crippen LogP contribution in [0.5, 0.6) is 11.5 Å². The van der Waals surface area contributed by atoms with Gasteiger partial charge in [0.05, 0.1) is 20.8 Å². The lowest BCUT2D eigenvalue weighted by atomic mass is 10.2. The third kappa shape index (κ3) is 3.16. The van der Waals surface area contributed by atoms with Crippen molar-refractivity contribution < 1.29 is 13.9 Å². The van der Waals surface area contributed by atoms with E-state index in [-0.39, 0.29) is 6.54 Å². The Morgan fingerprint density at radius 2 is 1.92 bits per heavy atom. The van der Waals surface area contributed by atoms with E-state index >= 15 is 0 Å². The molecule has 1 heterocycles. The van der Waals surface area contributed by atoms with Crippen molar-refractivity contribution in [3.63, 3.8) is 0 Å². The van der Waals surface area contributed by atoms with Crippen LogP contribution in [0.15, 0.2) is 36.4 Å². The fourth-order valence-corrected chi connectivity index (χ4v) is 2.45. The number of nitrogens with zero attached hydrogens (tertiary/aromatic N) is 4. The van der Waals surface area contributed by atoms with E-state index in [2.05, 4.69) is 15.4 Å². The average molecular weight is 349 g/mol. The third-order valence-corrected chi connectivity index (χ3v) is 3.81. The molecule has 8 heteroatoms. The first-order valence-corrected chi connectivity index (χ1v) is 7.43. The molecule has 0 spiro atoms. The van der Waals surface area contributed by atoms with E-state index in [9.17, 15) is 4.39 Å². The lowest BCUT2D eigenvalue weighted by molar-refractivity contribution is 0.355. The van der Waals surface area contributed by atoms with Gasteiger partial charge in [-0.15, -0.1) is 10.2 Å². The van der Waals surface area contributed by atoms with Crippen LogP contribution < -0.4 is 9.47 Å². The molecule has 0 saturated heterocycles. The number of methoxy groups -OCH3 is 2. The van der Waals surface area contributed by atoms with Crippen LogP contribution in [0.3, 0.4) is 0 Å². The monoisotopic (exact) mass is 348 g/mol. The molecule has 1 aromatic heterocycles. The molecule has 0 radical (unpaired) electrons. The predicted octanol–water partition coefficient (Wildman–Crippen LogP) is 3.20. The van der Waals surface area contributed by atoms with Gasteiger partial charge in [0.1, 0.15) is 5.82 Å². The normalized spacial score (nSPS) is 10.7. The highest BCUT2D eigenvalue weighted by molar-refractivity contribution is 6.31. The summed E-state index contributed by atoms with van der Waals surface area (Å²) in [5.74, 6) is 1.14. The number of ether oxygens (including phenoxy) is 2. The van der Waals surface area contributed by atoms with E-state index in [4.69, 9.17) is 21.1 Å². The van der Waals surface area contributed by atoms with Gasteiger partial charge in [-0.25, -0.2) is 4.39 Å². The van der Waals surface area contributed by atoms with Crippen molar-refractivity contribution in [1.82, 2.24) is 20.2 Å². The van der Waals surface area contributed by atoms with Gasteiger partial charge >= 0.3 is 0 Å². The summed E-state index contributed by atoms with van der Waals surface area (Å²) in [6.07, 6.45) is 0. The minimum absolute atomic E-state index is 0.0891. The fraction of sp³-hybridized carbons (Fsp3) is 0.188. The Labute approximate surface area is 142 Å². The summed E-state index contributed by atoms with van der Waals surface area (Å²) in [7, 11) is 3.11. The Balaban J connectivity index is 1.88. The van der Waals surface area contributed by atoms with Crippen LogP contribution in [0.25, 0.3) is 11.4 Å². The molecular weight excluding hydrogens is 335 g/mol. The van der Waals surface area contributed by atoms with Gasteiger partial charge in [-0.05, 0) is 35.5 Å². The molecule has 0 aliphatic heterocycles. The zero-order valence-electron chi connectivity index (χ0n) is 13.0. The van der Waals surface area contributed by atoms with Crippen LogP contribution in [0.1, 0.15) is 5.56 Å². The Morgan fingerprint density at radius 3 is 2.62 bits per heavy atom. The van der Waals surface area contributed by atoms with Gasteiger partial charge in [-0.2, -0.15) is 4.80 Å². The molecule has 0 N–H and O–H groups in total. The molecule has 0 unspecified atom stereocenters. The molecule has 6 nitrogen and oxygen atoms in total. The number of hydrogen-bond donors (Lipinski definition) is 0. The Morgan fingerprint density at radius 1 is 1.12 bits per heavy atom. The first-order chi connectivity index (χ1) is 11.6. The highest BCUT2D eigenvalue weighted by atomic mass is 35.5. The topological polar surface area (TPSA) is 62.1 Å². The Kier molecular flexibility index (Phi) is 4.61. The smallest absolute Gasteiger partial charge is 0.205 e. The third-order valence-electron chi connectivity index (χ3n) is 3.46. The molecule has 0 amide bonds. The number of benzene rings is 2. The van der Waals surface area contributed by atoms with Crippen molar-refractivity contribution in [3.05, 3.63) is 52.8 Å². The molecular formula is C16H14ClFN4O2. The lowest BCUT2D eigenvalue weighted by Gasteiger charge is -2.07. The second-order valence-electron chi connectivity index (χ2n) is 4.91. The summed E-state index contributed by atoms with van der Waals surface area (Å²) in [4.78, 5) is 1.29. The molecule has 0 aliphatic carbocycles. The second-order valence-corrected chi connectivity index (χ2v) is 5.32. The van der Waals surface area contributed by atoms with E-state index < -0.39 is 5.82 Å². The van der Waals surface area contributed by atoms with Crippen LogP contribution in [-0.4, -0.2) is 34.4 Å². The number of tetrazole rings is 1. The molecule has 0 fully saturated rings. The number of halogens is 2. The second kappa shape index (κ2) is 6.84. The van der Waals surface area contributed by atoms with E-state index in [1.807, 2.05) is 0 Å². The molecule has 0 atom stereocenters. The number of rotatable bonds is 5. The molecule has 0 bridgehead atoms. The van der Waals surface area contributed by atoms with Crippen LogP contribution in [0.4, 0.5) is 4.39 Å². The van der Waals surface area contributed by atoms with Gasteiger partial charge < -0.3 is 9.47 Å². The van der Waals surface area contributed by atoms with Crippen molar-refractivity contribution in [3.8, 4) is 22.9 Å². The number of hydrogen-bond acceptors (Lipinski definition) is 5. The van der Waals surface area contributed by atoms with Crippen molar-refractivity contribution in [2.45, 2.75) is 6.54 Å². The summed E-state index contributed by atoms with van der Waals surface area (Å²) < 4.78 is 24.3. The van der Waals surface area contributed by atoms with Gasteiger partial charge in [-0.3, -0.25) is 0 Å². The average Bonchev–Trinajstić information content (AvgIpc) is 3.06. The summed E-state index contributed by atoms with van der Waals surface area (Å²) >= 11 is 6.02. The standard InChI is InChI=1S/C16H14ClFN4O2/c1-23-14-7-6-10(8-15(14)24-2)16-19-21-22(20-16)9-11-12(17)4-3-5-13(11)18/h3-8H,9H2,1-2H3. The quantitative estimate of drug-likeness (QED) is 0.708. The zero-order chi connectivity index (χ0) is 17.1. The number of aromatic nitrogens is 4. The minimum Gasteiger partial charge on any atom is -0.493 e. The summed E-state index contributed by atoms with van der Waals surface area (Å²) in [6.45, 7) is 0.0891. The van der Waals surface area contributed by atoms with Crippen LogP contribution >= 0.6 is 11.6 Å². The Hall–Kier alpha value is -2.67. The minimum atomic E-state index is -0.410. The highest BCUT2D eigenvalue weighted by Gasteiger charge is 2.13. The van der Waals surface area contributed by atoms with Crippen molar-refractivity contribution in [2.75, 3.05) is 14.2 Å². The van der Waals surface area contributed by atoms with Crippen LogP contribution in [0.2, 0.25) is 5.02 Å². The maximum absolute atomic E-state index is 13.8. The molecule has 3 aromatic rings.